The molecule has 6 heteroatoms. The van der Waals surface area contributed by atoms with Gasteiger partial charge in [0.25, 0.3) is 5.91 Å². The van der Waals surface area contributed by atoms with Gasteiger partial charge < -0.3 is 15.0 Å². The van der Waals surface area contributed by atoms with E-state index in [1.54, 1.807) is 30.6 Å². The number of amides is 1. The van der Waals surface area contributed by atoms with Crippen molar-refractivity contribution in [3.8, 4) is 5.82 Å². The number of benzene rings is 2. The average Bonchev–Trinajstić information content (AvgIpc) is 3.12. The molecule has 0 bridgehead atoms. The SMILES string of the molecule is O=C(O)c1ccccc1CNC(=O)c1cn(-c2ccccn2)c2ccccc12. The molecule has 6 nitrogen and oxygen atoms in total. The Hall–Kier alpha value is -3.93. The summed E-state index contributed by atoms with van der Waals surface area (Å²) in [5.41, 5.74) is 2.11. The number of carbonyl (C=O) groups is 2. The van der Waals surface area contributed by atoms with Gasteiger partial charge in [-0.3, -0.25) is 4.79 Å². The van der Waals surface area contributed by atoms with E-state index in [0.29, 0.717) is 16.9 Å². The van der Waals surface area contributed by atoms with Crippen molar-refractivity contribution in [3.63, 3.8) is 0 Å². The van der Waals surface area contributed by atoms with Crippen molar-refractivity contribution in [2.75, 3.05) is 0 Å². The third kappa shape index (κ3) is 3.23. The van der Waals surface area contributed by atoms with Gasteiger partial charge in [0.05, 0.1) is 16.6 Å². The van der Waals surface area contributed by atoms with Crippen molar-refractivity contribution in [1.82, 2.24) is 14.9 Å². The van der Waals surface area contributed by atoms with E-state index in [2.05, 4.69) is 10.3 Å². The summed E-state index contributed by atoms with van der Waals surface area (Å²) < 4.78 is 1.87. The van der Waals surface area contributed by atoms with Crippen molar-refractivity contribution in [2.45, 2.75) is 6.54 Å². The van der Waals surface area contributed by atoms with E-state index in [9.17, 15) is 14.7 Å². The largest absolute Gasteiger partial charge is 0.478 e. The van der Waals surface area contributed by atoms with Crippen molar-refractivity contribution >= 4 is 22.8 Å². The molecule has 0 aliphatic rings. The summed E-state index contributed by atoms with van der Waals surface area (Å²) >= 11 is 0. The Balaban J connectivity index is 1.66. The van der Waals surface area contributed by atoms with Crippen molar-refractivity contribution in [2.24, 2.45) is 0 Å². The van der Waals surface area contributed by atoms with Crippen LogP contribution in [0.4, 0.5) is 0 Å². The standard InChI is InChI=1S/C22H17N3O3/c26-21(24-13-15-7-1-2-8-16(15)22(27)28)18-14-25(20-11-5-6-12-23-20)19-10-4-3-9-17(18)19/h1-12,14H,13H2,(H,24,26)(H,27,28). The predicted octanol–water partition coefficient (Wildman–Crippen LogP) is 3.65. The number of para-hydroxylation sites is 1. The van der Waals surface area contributed by atoms with E-state index >= 15 is 0 Å². The van der Waals surface area contributed by atoms with Gasteiger partial charge in [0.15, 0.2) is 0 Å². The van der Waals surface area contributed by atoms with E-state index in [1.165, 1.54) is 6.07 Å². The number of pyridine rings is 1. The van der Waals surface area contributed by atoms with E-state index < -0.39 is 5.97 Å². The molecule has 0 spiro atoms. The van der Waals surface area contributed by atoms with E-state index in [1.807, 2.05) is 47.0 Å². The number of rotatable bonds is 5. The number of aromatic nitrogens is 2. The zero-order chi connectivity index (χ0) is 19.5. The van der Waals surface area contributed by atoms with E-state index in [0.717, 1.165) is 10.9 Å². The minimum atomic E-state index is -1.02. The third-order valence-corrected chi connectivity index (χ3v) is 4.54. The molecule has 0 unspecified atom stereocenters. The first kappa shape index (κ1) is 17.5. The number of hydrogen-bond acceptors (Lipinski definition) is 3. The van der Waals surface area contributed by atoms with Gasteiger partial charge in [0.1, 0.15) is 5.82 Å². The summed E-state index contributed by atoms with van der Waals surface area (Å²) in [5.74, 6) is -0.573. The lowest BCUT2D eigenvalue weighted by molar-refractivity contribution is 0.0694. The molecule has 138 valence electrons. The summed E-state index contributed by atoms with van der Waals surface area (Å²) in [6.07, 6.45) is 3.46. The van der Waals surface area contributed by atoms with Crippen LogP contribution in [0.3, 0.4) is 0 Å². The lowest BCUT2D eigenvalue weighted by Crippen LogP contribution is -2.23. The van der Waals surface area contributed by atoms with E-state index in [4.69, 9.17) is 0 Å². The summed E-state index contributed by atoms with van der Waals surface area (Å²) in [7, 11) is 0. The monoisotopic (exact) mass is 371 g/mol. The number of hydrogen-bond donors (Lipinski definition) is 2. The maximum atomic E-state index is 12.9. The molecule has 4 aromatic rings. The Morgan fingerprint density at radius 2 is 1.68 bits per heavy atom. The van der Waals surface area contributed by atoms with Crippen LogP contribution in [0.1, 0.15) is 26.3 Å². The van der Waals surface area contributed by atoms with Gasteiger partial charge in [0, 0.05) is 24.3 Å². The highest BCUT2D eigenvalue weighted by Crippen LogP contribution is 2.24. The lowest BCUT2D eigenvalue weighted by atomic mass is 10.1. The van der Waals surface area contributed by atoms with Crippen LogP contribution in [0, 0.1) is 0 Å². The first-order chi connectivity index (χ1) is 13.6. The molecule has 0 aliphatic heterocycles. The van der Waals surface area contributed by atoms with Crippen LogP contribution in [0.25, 0.3) is 16.7 Å². The number of fused-ring (bicyclic) bond motifs is 1. The summed E-state index contributed by atoms with van der Waals surface area (Å²) in [6.45, 7) is 0.129. The first-order valence-electron chi connectivity index (χ1n) is 8.76. The number of carboxylic acids is 1. The molecule has 0 saturated heterocycles. The van der Waals surface area contributed by atoms with Crippen molar-refractivity contribution in [3.05, 3.63) is 95.8 Å². The quantitative estimate of drug-likeness (QED) is 0.561. The Morgan fingerprint density at radius 1 is 0.929 bits per heavy atom. The van der Waals surface area contributed by atoms with Gasteiger partial charge in [-0.15, -0.1) is 0 Å². The molecular formula is C22H17N3O3. The van der Waals surface area contributed by atoms with Gasteiger partial charge in [-0.1, -0.05) is 42.5 Å². The average molecular weight is 371 g/mol. The zero-order valence-electron chi connectivity index (χ0n) is 14.9. The van der Waals surface area contributed by atoms with Crippen LogP contribution in [-0.4, -0.2) is 26.5 Å². The molecule has 4 rings (SSSR count). The molecule has 28 heavy (non-hydrogen) atoms. The fourth-order valence-corrected chi connectivity index (χ4v) is 3.20. The van der Waals surface area contributed by atoms with Crippen LogP contribution in [0.5, 0.6) is 0 Å². The van der Waals surface area contributed by atoms with Crippen LogP contribution in [0.2, 0.25) is 0 Å². The molecule has 0 saturated carbocycles. The van der Waals surface area contributed by atoms with Gasteiger partial charge in [-0.05, 0) is 29.8 Å². The second kappa shape index (κ2) is 7.36. The fourth-order valence-electron chi connectivity index (χ4n) is 3.20. The molecule has 2 aromatic heterocycles. The maximum Gasteiger partial charge on any atom is 0.336 e. The Labute approximate surface area is 161 Å². The predicted molar refractivity (Wildman–Crippen MR) is 106 cm³/mol. The molecule has 2 heterocycles. The molecule has 1 amide bonds. The van der Waals surface area contributed by atoms with Crippen LogP contribution in [-0.2, 0) is 6.54 Å². The topological polar surface area (TPSA) is 84.2 Å². The molecular weight excluding hydrogens is 354 g/mol. The molecule has 2 N–H and O–H groups in total. The van der Waals surface area contributed by atoms with Gasteiger partial charge in [-0.2, -0.15) is 0 Å². The summed E-state index contributed by atoms with van der Waals surface area (Å²) in [5, 5.41) is 12.9. The highest BCUT2D eigenvalue weighted by atomic mass is 16.4. The number of nitrogens with one attached hydrogen (secondary N) is 1. The molecule has 0 atom stereocenters. The molecule has 0 aliphatic carbocycles. The summed E-state index contributed by atoms with van der Waals surface area (Å²) in [6, 6.07) is 19.8. The van der Waals surface area contributed by atoms with Gasteiger partial charge in [0.2, 0.25) is 0 Å². The van der Waals surface area contributed by atoms with Crippen molar-refractivity contribution in [1.29, 1.82) is 0 Å². The number of nitrogens with zero attached hydrogens (tertiary/aromatic N) is 2. The Bertz CT molecular complexity index is 1170. The number of aromatic carboxylic acids is 1. The van der Waals surface area contributed by atoms with Gasteiger partial charge >= 0.3 is 5.97 Å². The lowest BCUT2D eigenvalue weighted by Gasteiger charge is -2.07. The van der Waals surface area contributed by atoms with Gasteiger partial charge in [-0.25, -0.2) is 9.78 Å². The van der Waals surface area contributed by atoms with Crippen LogP contribution < -0.4 is 5.32 Å². The molecule has 0 fully saturated rings. The fraction of sp³-hybridized carbons (Fsp3) is 0.0455. The third-order valence-electron chi connectivity index (χ3n) is 4.54. The Morgan fingerprint density at radius 3 is 2.46 bits per heavy atom. The zero-order valence-corrected chi connectivity index (χ0v) is 14.9. The normalized spacial score (nSPS) is 10.7. The van der Waals surface area contributed by atoms with E-state index in [-0.39, 0.29) is 18.0 Å². The maximum absolute atomic E-state index is 12.9. The smallest absolute Gasteiger partial charge is 0.336 e. The number of carbonyl (C=O) groups excluding carboxylic acids is 1. The molecule has 2 aromatic carbocycles. The number of carboxylic acid groups (broad SMARTS) is 1. The minimum absolute atomic E-state index is 0.129. The van der Waals surface area contributed by atoms with Crippen LogP contribution >= 0.6 is 0 Å². The highest BCUT2D eigenvalue weighted by molar-refractivity contribution is 6.07. The van der Waals surface area contributed by atoms with Crippen molar-refractivity contribution < 1.29 is 14.7 Å². The molecule has 0 radical (unpaired) electrons. The second-order valence-corrected chi connectivity index (χ2v) is 6.26. The highest BCUT2D eigenvalue weighted by Gasteiger charge is 2.17. The first-order valence-corrected chi connectivity index (χ1v) is 8.76. The Kier molecular flexibility index (Phi) is 4.60. The summed E-state index contributed by atoms with van der Waals surface area (Å²) in [4.78, 5) is 28.6. The van der Waals surface area contributed by atoms with Crippen LogP contribution in [0.15, 0.2) is 79.1 Å². The minimum Gasteiger partial charge on any atom is -0.478 e. The second-order valence-electron chi connectivity index (χ2n) is 6.26.